The standard InChI is InChI=1S/C23H22F3N5S2/c1-5-28-20(32)29-19-22(3,4)31(16-9-6-14(2)7-10-16)21(33)30(19)17-11-8-15(13-27)18(12-17)23(24,25)26/h6-12H,5H2,1-4H3,(H,28,32). The summed E-state index contributed by atoms with van der Waals surface area (Å²) in [4.78, 5) is 7.86. The molecule has 2 aromatic carbocycles. The summed E-state index contributed by atoms with van der Waals surface area (Å²) in [6.45, 7) is 8.11. The van der Waals surface area contributed by atoms with E-state index in [9.17, 15) is 13.2 Å². The largest absolute Gasteiger partial charge is 0.417 e. The first kappa shape index (κ1) is 24.6. The van der Waals surface area contributed by atoms with Crippen molar-refractivity contribution in [2.45, 2.75) is 39.4 Å². The molecule has 172 valence electrons. The van der Waals surface area contributed by atoms with Crippen molar-refractivity contribution in [3.8, 4) is 6.07 Å². The Morgan fingerprint density at radius 2 is 1.76 bits per heavy atom. The minimum atomic E-state index is -4.70. The number of amidine groups is 1. The van der Waals surface area contributed by atoms with E-state index < -0.39 is 22.8 Å². The third kappa shape index (κ3) is 4.70. The normalized spacial score (nSPS) is 16.8. The molecule has 33 heavy (non-hydrogen) atoms. The number of hydrogen-bond donors (Lipinski definition) is 1. The van der Waals surface area contributed by atoms with Gasteiger partial charge in [0.05, 0.1) is 22.9 Å². The second kappa shape index (κ2) is 9.08. The molecule has 1 fully saturated rings. The summed E-state index contributed by atoms with van der Waals surface area (Å²) >= 11 is 11.1. The summed E-state index contributed by atoms with van der Waals surface area (Å²) in [5, 5.41) is 12.6. The Morgan fingerprint density at radius 1 is 1.15 bits per heavy atom. The van der Waals surface area contributed by atoms with Gasteiger partial charge in [-0.3, -0.25) is 4.90 Å². The molecule has 0 aromatic heterocycles. The van der Waals surface area contributed by atoms with Crippen molar-refractivity contribution in [2.24, 2.45) is 4.99 Å². The van der Waals surface area contributed by atoms with Gasteiger partial charge in [-0.2, -0.15) is 18.4 Å². The van der Waals surface area contributed by atoms with Gasteiger partial charge in [0.1, 0.15) is 11.4 Å². The van der Waals surface area contributed by atoms with Crippen molar-refractivity contribution in [3.63, 3.8) is 0 Å². The van der Waals surface area contributed by atoms with Crippen LogP contribution in [0.1, 0.15) is 37.5 Å². The van der Waals surface area contributed by atoms with Crippen LogP contribution in [0.3, 0.4) is 0 Å². The molecule has 1 aliphatic heterocycles. The zero-order chi connectivity index (χ0) is 24.6. The van der Waals surface area contributed by atoms with Crippen molar-refractivity contribution in [1.29, 1.82) is 5.26 Å². The molecule has 3 rings (SSSR count). The smallest absolute Gasteiger partial charge is 0.361 e. The van der Waals surface area contributed by atoms with Crippen LogP contribution in [-0.2, 0) is 6.18 Å². The molecule has 0 radical (unpaired) electrons. The lowest BCUT2D eigenvalue weighted by Gasteiger charge is -2.31. The Kier molecular flexibility index (Phi) is 6.77. The summed E-state index contributed by atoms with van der Waals surface area (Å²) in [6.07, 6.45) is -4.70. The molecule has 5 nitrogen and oxygen atoms in total. The number of aliphatic imine (C=N–C) groups is 1. The zero-order valence-electron chi connectivity index (χ0n) is 18.5. The Balaban J connectivity index is 2.23. The Labute approximate surface area is 201 Å². The van der Waals surface area contributed by atoms with Gasteiger partial charge in [0.2, 0.25) is 0 Å². The molecule has 1 N–H and O–H groups in total. The fraction of sp³-hybridized carbons (Fsp3) is 0.304. The molecule has 1 saturated heterocycles. The van der Waals surface area contributed by atoms with Crippen LogP contribution in [0.2, 0.25) is 0 Å². The molecule has 0 saturated carbocycles. The van der Waals surface area contributed by atoms with Crippen molar-refractivity contribution in [2.75, 3.05) is 16.3 Å². The van der Waals surface area contributed by atoms with E-state index in [-0.39, 0.29) is 15.9 Å². The van der Waals surface area contributed by atoms with Gasteiger partial charge in [-0.15, -0.1) is 0 Å². The number of thiocarbonyl (C=S) groups is 2. The number of hydrogen-bond acceptors (Lipinski definition) is 3. The molecule has 0 unspecified atom stereocenters. The number of nitrogens with zero attached hydrogens (tertiary/aromatic N) is 4. The van der Waals surface area contributed by atoms with Gasteiger partial charge in [-0.05, 0) is 82.5 Å². The number of halogens is 3. The SMILES string of the molecule is CCNC(=S)N=C1N(c2ccc(C#N)c(C(F)(F)F)c2)C(=S)N(c2ccc(C)cc2)C1(C)C. The van der Waals surface area contributed by atoms with Gasteiger partial charge in [-0.25, -0.2) is 4.99 Å². The van der Waals surface area contributed by atoms with Crippen LogP contribution >= 0.6 is 24.4 Å². The molecule has 0 amide bonds. The van der Waals surface area contributed by atoms with E-state index >= 15 is 0 Å². The molecule has 10 heteroatoms. The van der Waals surface area contributed by atoms with Gasteiger partial charge >= 0.3 is 6.18 Å². The highest BCUT2D eigenvalue weighted by atomic mass is 32.1. The molecular weight excluding hydrogens is 467 g/mol. The highest BCUT2D eigenvalue weighted by Crippen LogP contribution is 2.40. The van der Waals surface area contributed by atoms with Crippen LogP contribution < -0.4 is 15.1 Å². The molecule has 0 atom stereocenters. The third-order valence-electron chi connectivity index (χ3n) is 5.22. The van der Waals surface area contributed by atoms with E-state index in [4.69, 9.17) is 29.7 Å². The molecule has 2 aromatic rings. The van der Waals surface area contributed by atoms with Gasteiger partial charge in [0.25, 0.3) is 0 Å². The summed E-state index contributed by atoms with van der Waals surface area (Å²) in [5.41, 5.74) is -0.365. The second-order valence-electron chi connectivity index (χ2n) is 7.96. The number of alkyl halides is 3. The molecule has 0 aliphatic carbocycles. The Morgan fingerprint density at radius 3 is 2.30 bits per heavy atom. The van der Waals surface area contributed by atoms with E-state index in [1.165, 1.54) is 11.0 Å². The van der Waals surface area contributed by atoms with Crippen molar-refractivity contribution in [3.05, 3.63) is 59.2 Å². The van der Waals surface area contributed by atoms with Gasteiger partial charge in [0, 0.05) is 12.2 Å². The average Bonchev–Trinajstić information content (AvgIpc) is 2.93. The maximum Gasteiger partial charge on any atom is 0.417 e. The van der Waals surface area contributed by atoms with E-state index in [2.05, 4.69) is 10.3 Å². The van der Waals surface area contributed by atoms with E-state index in [0.29, 0.717) is 12.4 Å². The summed E-state index contributed by atoms with van der Waals surface area (Å²) < 4.78 is 41.0. The number of nitriles is 1. The monoisotopic (exact) mass is 489 g/mol. The number of anilines is 2. The number of rotatable bonds is 3. The third-order valence-corrected chi connectivity index (χ3v) is 5.82. The van der Waals surface area contributed by atoms with E-state index in [1.54, 1.807) is 6.07 Å². The van der Waals surface area contributed by atoms with Crippen molar-refractivity contribution >= 4 is 51.9 Å². The van der Waals surface area contributed by atoms with Crippen molar-refractivity contribution in [1.82, 2.24) is 5.32 Å². The first-order chi connectivity index (χ1) is 15.4. The topological polar surface area (TPSA) is 54.7 Å². The lowest BCUT2D eigenvalue weighted by Crippen LogP contribution is -2.45. The quantitative estimate of drug-likeness (QED) is 0.569. The number of nitrogens with one attached hydrogen (secondary N) is 1. The first-order valence-corrected chi connectivity index (χ1v) is 10.9. The fourth-order valence-corrected chi connectivity index (χ4v) is 4.40. The number of aryl methyl sites for hydroxylation is 1. The van der Waals surface area contributed by atoms with Crippen LogP contribution in [0.4, 0.5) is 24.5 Å². The average molecular weight is 490 g/mol. The molecular formula is C23H22F3N5S2. The lowest BCUT2D eigenvalue weighted by molar-refractivity contribution is -0.137. The van der Waals surface area contributed by atoms with Gasteiger partial charge in [-0.1, -0.05) is 17.7 Å². The molecule has 0 spiro atoms. The highest BCUT2D eigenvalue weighted by Gasteiger charge is 2.49. The van der Waals surface area contributed by atoms with Crippen LogP contribution in [0.5, 0.6) is 0 Å². The number of benzene rings is 2. The summed E-state index contributed by atoms with van der Waals surface area (Å²) in [5.74, 6) is 0.372. The predicted octanol–water partition coefficient (Wildman–Crippen LogP) is 5.57. The minimum Gasteiger partial charge on any atom is -0.361 e. The predicted molar refractivity (Wildman–Crippen MR) is 133 cm³/mol. The van der Waals surface area contributed by atoms with Crippen LogP contribution in [0, 0.1) is 18.3 Å². The fourth-order valence-electron chi connectivity index (χ4n) is 3.64. The maximum absolute atomic E-state index is 13.7. The summed E-state index contributed by atoms with van der Waals surface area (Å²) in [7, 11) is 0. The molecule has 1 aliphatic rings. The molecule has 0 bridgehead atoms. The Bertz CT molecular complexity index is 1160. The van der Waals surface area contributed by atoms with Crippen LogP contribution in [0.15, 0.2) is 47.5 Å². The zero-order valence-corrected chi connectivity index (χ0v) is 20.1. The Hall–Kier alpha value is -3.03. The highest BCUT2D eigenvalue weighted by molar-refractivity contribution is 7.81. The van der Waals surface area contributed by atoms with Crippen LogP contribution in [-0.4, -0.2) is 28.1 Å². The van der Waals surface area contributed by atoms with E-state index in [1.807, 2.05) is 56.9 Å². The molecule has 1 heterocycles. The minimum absolute atomic E-state index is 0.145. The summed E-state index contributed by atoms with van der Waals surface area (Å²) in [6, 6.07) is 12.8. The lowest BCUT2D eigenvalue weighted by atomic mass is 10.0. The van der Waals surface area contributed by atoms with Gasteiger partial charge in [0.15, 0.2) is 10.2 Å². The first-order valence-electron chi connectivity index (χ1n) is 10.1. The van der Waals surface area contributed by atoms with Crippen LogP contribution in [0.25, 0.3) is 0 Å². The maximum atomic E-state index is 13.7. The van der Waals surface area contributed by atoms with Gasteiger partial charge < -0.3 is 10.2 Å². The van der Waals surface area contributed by atoms with E-state index in [0.717, 1.165) is 23.4 Å². The second-order valence-corrected chi connectivity index (χ2v) is 8.71. The van der Waals surface area contributed by atoms with Crippen molar-refractivity contribution < 1.29 is 13.2 Å².